The number of halogens is 3. The smallest absolute Gasteiger partial charge is 0.238 e. The Hall–Kier alpha value is -0.780. The molecule has 0 spiro atoms. The van der Waals surface area contributed by atoms with Crippen LogP contribution in [0.1, 0.15) is 17.8 Å². The SMILES string of the molecule is CC(NCC(=O)Nc1c(Cl)cccc1Cl)c1ccc(Cl)s1. The number of nitrogens with one attached hydrogen (secondary N) is 2. The first-order valence-electron chi connectivity index (χ1n) is 6.20. The molecule has 3 nitrogen and oxygen atoms in total. The minimum atomic E-state index is -0.209. The zero-order chi connectivity index (χ0) is 15.4. The summed E-state index contributed by atoms with van der Waals surface area (Å²) in [6.45, 7) is 2.12. The quantitative estimate of drug-likeness (QED) is 0.785. The highest BCUT2D eigenvalue weighted by atomic mass is 35.5. The molecule has 1 amide bonds. The molecule has 2 rings (SSSR count). The van der Waals surface area contributed by atoms with E-state index in [2.05, 4.69) is 10.6 Å². The summed E-state index contributed by atoms with van der Waals surface area (Å²) >= 11 is 19.4. The standard InChI is InChI=1S/C14H13Cl3N2OS/c1-8(11-5-6-12(17)21-11)18-7-13(20)19-14-9(15)3-2-4-10(14)16/h2-6,8,18H,7H2,1H3,(H,19,20). The topological polar surface area (TPSA) is 41.1 Å². The maximum atomic E-state index is 11.9. The van der Waals surface area contributed by atoms with Gasteiger partial charge in [0.1, 0.15) is 0 Å². The van der Waals surface area contributed by atoms with E-state index in [1.807, 2.05) is 19.1 Å². The molecule has 1 atom stereocenters. The largest absolute Gasteiger partial charge is 0.322 e. The van der Waals surface area contributed by atoms with Crippen molar-refractivity contribution in [3.05, 3.63) is 49.6 Å². The molecule has 0 bridgehead atoms. The summed E-state index contributed by atoms with van der Waals surface area (Å²) in [6.07, 6.45) is 0. The lowest BCUT2D eigenvalue weighted by atomic mass is 10.2. The van der Waals surface area contributed by atoms with Gasteiger partial charge in [-0.25, -0.2) is 0 Å². The maximum absolute atomic E-state index is 11.9. The molecule has 0 saturated carbocycles. The summed E-state index contributed by atoms with van der Waals surface area (Å²) in [5.74, 6) is -0.209. The van der Waals surface area contributed by atoms with E-state index in [9.17, 15) is 4.79 Å². The van der Waals surface area contributed by atoms with Crippen LogP contribution in [0.25, 0.3) is 0 Å². The number of amides is 1. The monoisotopic (exact) mass is 362 g/mol. The molecule has 1 heterocycles. The van der Waals surface area contributed by atoms with E-state index in [4.69, 9.17) is 34.8 Å². The molecule has 112 valence electrons. The molecule has 1 aromatic heterocycles. The Morgan fingerprint density at radius 2 is 1.86 bits per heavy atom. The molecule has 0 radical (unpaired) electrons. The molecular formula is C14H13Cl3N2OS. The summed E-state index contributed by atoms with van der Waals surface area (Å²) in [7, 11) is 0. The van der Waals surface area contributed by atoms with Crippen molar-refractivity contribution in [3.63, 3.8) is 0 Å². The Balaban J connectivity index is 1.90. The first-order valence-corrected chi connectivity index (χ1v) is 8.15. The third-order valence-electron chi connectivity index (χ3n) is 2.82. The summed E-state index contributed by atoms with van der Waals surface area (Å²) in [5.41, 5.74) is 0.430. The van der Waals surface area contributed by atoms with Gasteiger partial charge in [0.15, 0.2) is 0 Å². The molecule has 2 aromatic rings. The lowest BCUT2D eigenvalue weighted by molar-refractivity contribution is -0.115. The molecule has 0 aliphatic heterocycles. The minimum absolute atomic E-state index is 0.0370. The van der Waals surface area contributed by atoms with Crippen LogP contribution in [0.4, 0.5) is 5.69 Å². The zero-order valence-corrected chi connectivity index (χ0v) is 14.2. The number of rotatable bonds is 5. The van der Waals surface area contributed by atoms with Gasteiger partial charge < -0.3 is 10.6 Å². The number of para-hydroxylation sites is 1. The van der Waals surface area contributed by atoms with Gasteiger partial charge in [-0.2, -0.15) is 0 Å². The van der Waals surface area contributed by atoms with Crippen molar-refractivity contribution in [2.24, 2.45) is 0 Å². The number of carbonyl (C=O) groups is 1. The van der Waals surface area contributed by atoms with Crippen LogP contribution in [0.2, 0.25) is 14.4 Å². The molecule has 0 fully saturated rings. The highest BCUT2D eigenvalue weighted by Crippen LogP contribution is 2.30. The van der Waals surface area contributed by atoms with E-state index in [1.165, 1.54) is 11.3 Å². The van der Waals surface area contributed by atoms with Crippen LogP contribution in [0.3, 0.4) is 0 Å². The first-order chi connectivity index (χ1) is 9.97. The third kappa shape index (κ3) is 4.59. The summed E-state index contributed by atoms with van der Waals surface area (Å²) < 4.78 is 0.728. The van der Waals surface area contributed by atoms with Gasteiger partial charge in [-0.15, -0.1) is 11.3 Å². The zero-order valence-electron chi connectivity index (χ0n) is 11.1. The van der Waals surface area contributed by atoms with E-state index in [0.29, 0.717) is 15.7 Å². The van der Waals surface area contributed by atoms with Gasteiger partial charge in [-0.05, 0) is 31.2 Å². The Kier molecular flexibility index (Phi) is 5.90. The average Bonchev–Trinajstić information content (AvgIpc) is 2.87. The number of hydrogen-bond donors (Lipinski definition) is 2. The second-order valence-corrected chi connectivity index (χ2v) is 6.95. The van der Waals surface area contributed by atoms with E-state index >= 15 is 0 Å². The van der Waals surface area contributed by atoms with Crippen molar-refractivity contribution in [1.29, 1.82) is 0 Å². The fourth-order valence-electron chi connectivity index (χ4n) is 1.71. The molecule has 21 heavy (non-hydrogen) atoms. The van der Waals surface area contributed by atoms with Crippen LogP contribution in [0, 0.1) is 0 Å². The van der Waals surface area contributed by atoms with Gasteiger partial charge in [0.2, 0.25) is 5.91 Å². The minimum Gasteiger partial charge on any atom is -0.322 e. The summed E-state index contributed by atoms with van der Waals surface area (Å²) in [4.78, 5) is 13.0. The predicted molar refractivity (Wildman–Crippen MR) is 90.8 cm³/mol. The Morgan fingerprint density at radius 3 is 2.43 bits per heavy atom. The van der Waals surface area contributed by atoms with Crippen LogP contribution in [0.15, 0.2) is 30.3 Å². The van der Waals surface area contributed by atoms with Crippen LogP contribution in [-0.2, 0) is 4.79 Å². The molecule has 2 N–H and O–H groups in total. The number of anilines is 1. The second-order valence-electron chi connectivity index (χ2n) is 4.39. The van der Waals surface area contributed by atoms with Crippen LogP contribution in [-0.4, -0.2) is 12.5 Å². The second kappa shape index (κ2) is 7.47. The highest BCUT2D eigenvalue weighted by molar-refractivity contribution is 7.16. The molecule has 7 heteroatoms. The molecule has 1 aromatic carbocycles. The Bertz CT molecular complexity index is 625. The van der Waals surface area contributed by atoms with Crippen molar-refractivity contribution in [2.75, 3.05) is 11.9 Å². The van der Waals surface area contributed by atoms with Gasteiger partial charge in [0.05, 0.1) is 26.6 Å². The van der Waals surface area contributed by atoms with Crippen molar-refractivity contribution in [3.8, 4) is 0 Å². The number of benzene rings is 1. The van der Waals surface area contributed by atoms with E-state index in [-0.39, 0.29) is 18.5 Å². The number of thiophene rings is 1. The van der Waals surface area contributed by atoms with Crippen molar-refractivity contribution in [2.45, 2.75) is 13.0 Å². The van der Waals surface area contributed by atoms with Gasteiger partial charge >= 0.3 is 0 Å². The van der Waals surface area contributed by atoms with Gasteiger partial charge in [-0.1, -0.05) is 40.9 Å². The molecule has 1 unspecified atom stereocenters. The van der Waals surface area contributed by atoms with Crippen molar-refractivity contribution >= 4 is 57.7 Å². The van der Waals surface area contributed by atoms with E-state index in [1.54, 1.807) is 18.2 Å². The fourth-order valence-corrected chi connectivity index (χ4v) is 3.29. The lowest BCUT2D eigenvalue weighted by Gasteiger charge is -2.13. The van der Waals surface area contributed by atoms with E-state index < -0.39 is 0 Å². The van der Waals surface area contributed by atoms with Crippen molar-refractivity contribution < 1.29 is 4.79 Å². The Labute approximate surface area is 142 Å². The first kappa shape index (κ1) is 16.6. The van der Waals surface area contributed by atoms with Crippen LogP contribution >= 0.6 is 46.1 Å². The third-order valence-corrected chi connectivity index (χ3v) is 4.86. The van der Waals surface area contributed by atoms with Crippen LogP contribution in [0.5, 0.6) is 0 Å². The molecule has 0 aliphatic rings. The average molecular weight is 364 g/mol. The van der Waals surface area contributed by atoms with E-state index in [0.717, 1.165) is 9.21 Å². The highest BCUT2D eigenvalue weighted by Gasteiger charge is 2.12. The summed E-state index contributed by atoms with van der Waals surface area (Å²) in [6, 6.07) is 8.88. The van der Waals surface area contributed by atoms with Gasteiger partial charge in [0, 0.05) is 10.9 Å². The Morgan fingerprint density at radius 1 is 1.19 bits per heavy atom. The number of hydrogen-bond acceptors (Lipinski definition) is 3. The lowest BCUT2D eigenvalue weighted by Crippen LogP contribution is -2.30. The molecule has 0 aliphatic carbocycles. The molecular weight excluding hydrogens is 351 g/mol. The summed E-state index contributed by atoms with van der Waals surface area (Å²) in [5, 5.41) is 6.65. The predicted octanol–water partition coefficient (Wildman–Crippen LogP) is 5.00. The van der Waals surface area contributed by atoms with Crippen LogP contribution < -0.4 is 10.6 Å². The van der Waals surface area contributed by atoms with Gasteiger partial charge in [0.25, 0.3) is 0 Å². The molecule has 0 saturated heterocycles. The maximum Gasteiger partial charge on any atom is 0.238 e. The fraction of sp³-hybridized carbons (Fsp3) is 0.214. The van der Waals surface area contributed by atoms with Gasteiger partial charge in [-0.3, -0.25) is 4.79 Å². The normalized spacial score (nSPS) is 12.2. The number of carbonyl (C=O) groups excluding carboxylic acids is 1. The van der Waals surface area contributed by atoms with Crippen molar-refractivity contribution in [1.82, 2.24) is 5.32 Å².